The van der Waals surface area contributed by atoms with Crippen molar-refractivity contribution in [1.29, 1.82) is 0 Å². The summed E-state index contributed by atoms with van der Waals surface area (Å²) in [6, 6.07) is 19.4. The highest BCUT2D eigenvalue weighted by atomic mass is 35.5. The van der Waals surface area contributed by atoms with Crippen molar-refractivity contribution < 1.29 is 33.4 Å². The molecule has 0 heterocycles. The third-order valence-corrected chi connectivity index (χ3v) is 5.92. The largest absolute Gasteiger partial charge is 0.454 e. The van der Waals surface area contributed by atoms with Gasteiger partial charge in [-0.05, 0) is 56.7 Å². The van der Waals surface area contributed by atoms with E-state index >= 15 is 0 Å². The van der Waals surface area contributed by atoms with Gasteiger partial charge in [0.05, 0.1) is 5.56 Å². The van der Waals surface area contributed by atoms with E-state index in [1.165, 1.54) is 37.3 Å². The summed E-state index contributed by atoms with van der Waals surface area (Å²) in [7, 11) is 0. The number of hydrogen-bond acceptors (Lipinski definition) is 7. The normalized spacial score (nSPS) is 11.3. The average Bonchev–Trinajstić information content (AvgIpc) is 2.91. The molecule has 0 aromatic heterocycles. The molecule has 39 heavy (non-hydrogen) atoms. The van der Waals surface area contributed by atoms with Gasteiger partial charge in [-0.2, -0.15) is 0 Å². The Morgan fingerprint density at radius 2 is 1.51 bits per heavy atom. The molecule has 0 unspecified atom stereocenters. The minimum absolute atomic E-state index is 0.0350. The molecule has 202 valence electrons. The second-order valence-corrected chi connectivity index (χ2v) is 9.29. The Labute approximate surface area is 231 Å². The van der Waals surface area contributed by atoms with Crippen molar-refractivity contribution in [2.24, 2.45) is 0 Å². The molecule has 0 aliphatic rings. The molecule has 3 rings (SSSR count). The second kappa shape index (κ2) is 14.0. The Hall–Kier alpha value is -4.30. The van der Waals surface area contributed by atoms with Crippen LogP contribution in [0.1, 0.15) is 62.8 Å². The Morgan fingerprint density at radius 3 is 2.18 bits per heavy atom. The fourth-order valence-corrected chi connectivity index (χ4v) is 3.72. The van der Waals surface area contributed by atoms with Gasteiger partial charge in [0.1, 0.15) is 0 Å². The molecule has 1 N–H and O–H groups in total. The number of Topliss-reactive ketones (excluding diaryl/α,β-unsaturated/α-hetero) is 2. The number of esters is 2. The zero-order chi connectivity index (χ0) is 28.4. The van der Waals surface area contributed by atoms with E-state index in [0.717, 1.165) is 5.56 Å². The molecule has 9 heteroatoms. The molecule has 0 saturated carbocycles. The first-order chi connectivity index (χ1) is 18.6. The monoisotopic (exact) mass is 549 g/mol. The lowest BCUT2D eigenvalue weighted by atomic mass is 10.1. The van der Waals surface area contributed by atoms with Crippen LogP contribution in [0.5, 0.6) is 0 Å². The summed E-state index contributed by atoms with van der Waals surface area (Å²) < 4.78 is 10.3. The number of ketones is 2. The van der Waals surface area contributed by atoms with E-state index in [4.69, 9.17) is 21.1 Å². The van der Waals surface area contributed by atoms with Crippen LogP contribution >= 0.6 is 11.6 Å². The summed E-state index contributed by atoms with van der Waals surface area (Å²) in [6.45, 7) is 3.01. The maximum Gasteiger partial charge on any atom is 0.338 e. The highest BCUT2D eigenvalue weighted by Gasteiger charge is 2.20. The molecule has 0 saturated heterocycles. The zero-order valence-corrected chi connectivity index (χ0v) is 22.3. The highest BCUT2D eigenvalue weighted by Crippen LogP contribution is 2.15. The lowest BCUT2D eigenvalue weighted by Crippen LogP contribution is -2.24. The van der Waals surface area contributed by atoms with E-state index in [1.807, 2.05) is 6.92 Å². The van der Waals surface area contributed by atoms with E-state index in [1.54, 1.807) is 42.5 Å². The van der Waals surface area contributed by atoms with E-state index in [0.29, 0.717) is 21.8 Å². The molecule has 0 fully saturated rings. The number of ether oxygens (including phenoxy) is 2. The maximum absolute atomic E-state index is 12.4. The number of benzene rings is 3. The van der Waals surface area contributed by atoms with Gasteiger partial charge in [-0.15, -0.1) is 0 Å². The van der Waals surface area contributed by atoms with E-state index < -0.39 is 18.0 Å². The summed E-state index contributed by atoms with van der Waals surface area (Å²) in [5.41, 5.74) is 2.51. The minimum Gasteiger partial charge on any atom is -0.454 e. The van der Waals surface area contributed by atoms with E-state index in [2.05, 4.69) is 5.32 Å². The van der Waals surface area contributed by atoms with Crippen molar-refractivity contribution in [3.8, 4) is 0 Å². The standard InChI is InChI=1S/C30H28ClNO7/c1-19-9-11-21(12-10-19)26(33)18-38-30(37)22-13-15-25(16-14-22)32-27(34)7-4-8-28(35)39-20(2)29(36)23-5-3-6-24(31)17-23/h3,5-6,9-17,20H,4,7-8,18H2,1-2H3,(H,32,34)/t20-/m1/s1. The summed E-state index contributed by atoms with van der Waals surface area (Å²) in [5.74, 6) is -2.25. The number of rotatable bonds is 12. The Balaban J connectivity index is 1.37. The molecule has 0 bridgehead atoms. The molecule has 0 radical (unpaired) electrons. The quantitative estimate of drug-likeness (QED) is 0.230. The first-order valence-corrected chi connectivity index (χ1v) is 12.7. The van der Waals surface area contributed by atoms with Crippen LogP contribution in [0.2, 0.25) is 5.02 Å². The van der Waals surface area contributed by atoms with Gasteiger partial charge in [-0.25, -0.2) is 4.79 Å². The Morgan fingerprint density at radius 1 is 0.846 bits per heavy atom. The number of carbonyl (C=O) groups excluding carboxylic acids is 5. The predicted octanol–water partition coefficient (Wildman–Crippen LogP) is 5.61. The number of amides is 1. The van der Waals surface area contributed by atoms with Gasteiger partial charge in [0.15, 0.2) is 18.5 Å². The number of aryl methyl sites for hydroxylation is 1. The number of anilines is 1. The second-order valence-electron chi connectivity index (χ2n) is 8.85. The summed E-state index contributed by atoms with van der Waals surface area (Å²) >= 11 is 5.89. The van der Waals surface area contributed by atoms with E-state index in [-0.39, 0.29) is 48.9 Å². The number of halogens is 1. The van der Waals surface area contributed by atoms with Gasteiger partial charge >= 0.3 is 11.9 Å². The summed E-state index contributed by atoms with van der Waals surface area (Å²) in [4.78, 5) is 61.1. The number of hydrogen-bond donors (Lipinski definition) is 1. The molecule has 1 amide bonds. The van der Waals surface area contributed by atoms with Crippen LogP contribution in [0.25, 0.3) is 0 Å². The van der Waals surface area contributed by atoms with Gasteiger partial charge in [0, 0.05) is 34.7 Å². The Bertz CT molecular complexity index is 1350. The molecule has 0 aliphatic carbocycles. The van der Waals surface area contributed by atoms with Gasteiger partial charge in [-0.3, -0.25) is 19.2 Å². The van der Waals surface area contributed by atoms with E-state index in [9.17, 15) is 24.0 Å². The van der Waals surface area contributed by atoms with Crippen molar-refractivity contribution in [3.05, 3.63) is 100 Å². The summed E-state index contributed by atoms with van der Waals surface area (Å²) in [6.07, 6.45) is -0.735. The third-order valence-electron chi connectivity index (χ3n) is 5.68. The van der Waals surface area contributed by atoms with Gasteiger partial charge in [0.2, 0.25) is 11.7 Å². The van der Waals surface area contributed by atoms with Crippen LogP contribution in [0.3, 0.4) is 0 Å². The van der Waals surface area contributed by atoms with Gasteiger partial charge < -0.3 is 14.8 Å². The first kappa shape index (κ1) is 29.3. The van der Waals surface area contributed by atoms with Gasteiger partial charge in [-0.1, -0.05) is 53.6 Å². The number of carbonyl (C=O) groups is 5. The molecular weight excluding hydrogens is 522 g/mol. The number of nitrogens with one attached hydrogen (secondary N) is 1. The van der Waals surface area contributed by atoms with Crippen molar-refractivity contribution in [1.82, 2.24) is 0 Å². The van der Waals surface area contributed by atoms with Crippen molar-refractivity contribution in [3.63, 3.8) is 0 Å². The van der Waals surface area contributed by atoms with Crippen molar-refractivity contribution in [2.75, 3.05) is 11.9 Å². The van der Waals surface area contributed by atoms with Crippen LogP contribution in [0.4, 0.5) is 5.69 Å². The van der Waals surface area contributed by atoms with Crippen molar-refractivity contribution in [2.45, 2.75) is 39.2 Å². The lowest BCUT2D eigenvalue weighted by molar-refractivity contribution is -0.146. The Kier molecular flexibility index (Phi) is 10.5. The lowest BCUT2D eigenvalue weighted by Gasteiger charge is -2.12. The first-order valence-electron chi connectivity index (χ1n) is 12.3. The zero-order valence-electron chi connectivity index (χ0n) is 21.6. The average molecular weight is 550 g/mol. The maximum atomic E-state index is 12.4. The molecule has 8 nitrogen and oxygen atoms in total. The van der Waals surface area contributed by atoms with Crippen LogP contribution in [0, 0.1) is 6.92 Å². The highest BCUT2D eigenvalue weighted by molar-refractivity contribution is 6.31. The van der Waals surface area contributed by atoms with Gasteiger partial charge in [0.25, 0.3) is 0 Å². The van der Waals surface area contributed by atoms with Crippen LogP contribution in [-0.2, 0) is 19.1 Å². The fourth-order valence-electron chi connectivity index (χ4n) is 3.53. The molecule has 0 aliphatic heterocycles. The molecule has 3 aromatic carbocycles. The molecule has 3 aromatic rings. The summed E-state index contributed by atoms with van der Waals surface area (Å²) in [5, 5.41) is 3.09. The van der Waals surface area contributed by atoms with Crippen molar-refractivity contribution >= 4 is 46.7 Å². The topological polar surface area (TPSA) is 116 Å². The van der Waals surface area contributed by atoms with Crippen LogP contribution in [0.15, 0.2) is 72.8 Å². The molecular formula is C30H28ClNO7. The van der Waals surface area contributed by atoms with Crippen LogP contribution in [-0.4, -0.2) is 42.1 Å². The SMILES string of the molecule is Cc1ccc(C(=O)COC(=O)c2ccc(NC(=O)CCCC(=O)O[C@H](C)C(=O)c3cccc(Cl)c3)cc2)cc1. The minimum atomic E-state index is -0.976. The fraction of sp³-hybridized carbons (Fsp3) is 0.233. The third kappa shape index (κ3) is 9.19. The van der Waals surface area contributed by atoms with Crippen LogP contribution < -0.4 is 5.32 Å². The molecule has 1 atom stereocenters. The predicted molar refractivity (Wildman–Crippen MR) is 146 cm³/mol. The smallest absolute Gasteiger partial charge is 0.338 e. The molecule has 0 spiro atoms.